The van der Waals surface area contributed by atoms with Crippen LogP contribution in [0, 0.1) is 17.5 Å². The summed E-state index contributed by atoms with van der Waals surface area (Å²) in [6.45, 7) is 0.336. The van der Waals surface area contributed by atoms with Crippen LogP contribution in [0.4, 0.5) is 18.0 Å². The lowest BCUT2D eigenvalue weighted by Crippen LogP contribution is -2.62. The Hall–Kier alpha value is -3.36. The summed E-state index contributed by atoms with van der Waals surface area (Å²) in [6, 6.07) is 16.0. The monoisotopic (exact) mass is 495 g/mol. The summed E-state index contributed by atoms with van der Waals surface area (Å²) >= 11 is 0. The van der Waals surface area contributed by atoms with Crippen molar-refractivity contribution >= 4 is 6.09 Å². The Morgan fingerprint density at radius 3 is 2.17 bits per heavy atom. The van der Waals surface area contributed by atoms with Crippen LogP contribution in [0.15, 0.2) is 60.7 Å². The van der Waals surface area contributed by atoms with Crippen molar-refractivity contribution in [3.63, 3.8) is 0 Å². The van der Waals surface area contributed by atoms with Crippen molar-refractivity contribution < 1.29 is 32.5 Å². The molecule has 186 valence electrons. The molecule has 0 radical (unpaired) electrons. The van der Waals surface area contributed by atoms with Crippen molar-refractivity contribution in [2.45, 2.75) is 36.4 Å². The minimum Gasteiger partial charge on any atom is -0.448 e. The van der Waals surface area contributed by atoms with Crippen molar-refractivity contribution in [3.8, 4) is 11.1 Å². The van der Waals surface area contributed by atoms with Gasteiger partial charge in [-0.05, 0) is 28.3 Å². The molecule has 1 amide bonds. The summed E-state index contributed by atoms with van der Waals surface area (Å²) in [5.74, 6) is -3.73. The number of ether oxygens (including phenoxy) is 2. The van der Waals surface area contributed by atoms with Crippen LogP contribution in [0.3, 0.4) is 0 Å². The smallest absolute Gasteiger partial charge is 0.410 e. The molecule has 2 fully saturated rings. The number of fused-ring (bicyclic) bond motifs is 5. The molecule has 5 nitrogen and oxygen atoms in total. The lowest BCUT2D eigenvalue weighted by atomic mass is 9.76. The molecule has 8 heteroatoms. The first-order valence-corrected chi connectivity index (χ1v) is 11.9. The van der Waals surface area contributed by atoms with E-state index in [0.29, 0.717) is 6.07 Å². The van der Waals surface area contributed by atoms with Gasteiger partial charge in [-0.3, -0.25) is 4.90 Å². The number of hydrogen-bond acceptors (Lipinski definition) is 4. The number of carbonyl (C=O) groups excluding carboxylic acids is 1. The zero-order valence-electron chi connectivity index (χ0n) is 19.3. The normalized spacial score (nSPS) is 24.8. The van der Waals surface area contributed by atoms with Gasteiger partial charge >= 0.3 is 6.09 Å². The van der Waals surface area contributed by atoms with Crippen LogP contribution in [0.25, 0.3) is 11.1 Å². The number of aliphatic hydroxyl groups is 1. The summed E-state index contributed by atoms with van der Waals surface area (Å²) in [5.41, 5.74) is 2.13. The number of halogens is 3. The molecular formula is C28H24F3NO4. The Kier molecular flexibility index (Phi) is 5.53. The quantitative estimate of drug-likeness (QED) is 0.514. The molecule has 36 heavy (non-hydrogen) atoms. The average molecular weight is 495 g/mol. The van der Waals surface area contributed by atoms with Crippen LogP contribution >= 0.6 is 0 Å². The van der Waals surface area contributed by atoms with Gasteiger partial charge in [0.2, 0.25) is 0 Å². The van der Waals surface area contributed by atoms with Crippen LogP contribution in [-0.2, 0) is 15.1 Å². The van der Waals surface area contributed by atoms with Gasteiger partial charge in [0.25, 0.3) is 0 Å². The first kappa shape index (κ1) is 23.1. The van der Waals surface area contributed by atoms with Crippen LogP contribution in [0.1, 0.15) is 35.4 Å². The van der Waals surface area contributed by atoms with E-state index in [-0.39, 0.29) is 38.6 Å². The van der Waals surface area contributed by atoms with Crippen LogP contribution in [0.2, 0.25) is 0 Å². The highest BCUT2D eigenvalue weighted by Crippen LogP contribution is 2.46. The number of hydrogen-bond donors (Lipinski definition) is 1. The predicted molar refractivity (Wildman–Crippen MR) is 125 cm³/mol. The summed E-state index contributed by atoms with van der Waals surface area (Å²) in [5, 5.41) is 11.3. The van der Waals surface area contributed by atoms with Crippen molar-refractivity contribution in [2.75, 3.05) is 19.8 Å². The molecule has 0 spiro atoms. The van der Waals surface area contributed by atoms with E-state index in [4.69, 9.17) is 9.47 Å². The molecule has 0 saturated carbocycles. The zero-order chi connectivity index (χ0) is 25.0. The van der Waals surface area contributed by atoms with E-state index >= 15 is 0 Å². The van der Waals surface area contributed by atoms with E-state index in [2.05, 4.69) is 12.1 Å². The molecule has 3 aromatic carbocycles. The summed E-state index contributed by atoms with van der Waals surface area (Å²) in [4.78, 5) is 14.8. The summed E-state index contributed by atoms with van der Waals surface area (Å²) in [7, 11) is 0. The predicted octanol–water partition coefficient (Wildman–Crippen LogP) is 5.10. The van der Waals surface area contributed by atoms with Crippen LogP contribution < -0.4 is 0 Å². The number of amides is 1. The second kappa shape index (κ2) is 8.64. The second-order valence-electron chi connectivity index (χ2n) is 9.75. The summed E-state index contributed by atoms with van der Waals surface area (Å²) in [6.07, 6.45) is -0.816. The maximum atomic E-state index is 14.5. The minimum absolute atomic E-state index is 0.0996. The lowest BCUT2D eigenvalue weighted by Gasteiger charge is -2.51. The Balaban J connectivity index is 1.22. The third-order valence-electron chi connectivity index (χ3n) is 7.60. The maximum absolute atomic E-state index is 14.5. The highest BCUT2D eigenvalue weighted by atomic mass is 19.2. The molecule has 0 aromatic heterocycles. The molecular weight excluding hydrogens is 471 g/mol. The van der Waals surface area contributed by atoms with E-state index in [9.17, 15) is 23.1 Å². The molecule has 3 aromatic rings. The Bertz CT molecular complexity index is 1290. The van der Waals surface area contributed by atoms with Gasteiger partial charge in [-0.2, -0.15) is 0 Å². The second-order valence-corrected chi connectivity index (χ2v) is 9.75. The third kappa shape index (κ3) is 3.67. The molecule has 2 bridgehead atoms. The largest absolute Gasteiger partial charge is 0.448 e. The van der Waals surface area contributed by atoms with Gasteiger partial charge in [-0.15, -0.1) is 0 Å². The van der Waals surface area contributed by atoms with Crippen LogP contribution in [0.5, 0.6) is 0 Å². The Labute approximate surface area is 206 Å². The van der Waals surface area contributed by atoms with Gasteiger partial charge < -0.3 is 14.6 Å². The molecule has 1 aliphatic carbocycles. The number of carbonyl (C=O) groups is 1. The van der Waals surface area contributed by atoms with E-state index < -0.39 is 46.8 Å². The van der Waals surface area contributed by atoms with Gasteiger partial charge in [0, 0.05) is 30.4 Å². The Morgan fingerprint density at radius 1 is 0.972 bits per heavy atom. The van der Waals surface area contributed by atoms with Gasteiger partial charge in [0.15, 0.2) is 11.6 Å². The molecule has 2 unspecified atom stereocenters. The fraction of sp³-hybridized carbons (Fsp3) is 0.321. The topological polar surface area (TPSA) is 59.0 Å². The lowest BCUT2D eigenvalue weighted by molar-refractivity contribution is -0.137. The first-order valence-electron chi connectivity index (χ1n) is 11.9. The standard InChI is InChI=1S/C28H24F3NO4/c29-16-9-24(26(31)25(30)10-16)28(34)11-17-13-35-14-18(12-28)32(17)27(33)36-15-23-21-7-3-1-5-19(21)20-6-2-4-8-22(20)23/h1-10,17-18,23,34H,11-15H2. The molecule has 2 heterocycles. The number of morpholine rings is 1. The molecule has 6 rings (SSSR count). The van der Waals surface area contributed by atoms with E-state index in [1.165, 1.54) is 4.90 Å². The van der Waals surface area contributed by atoms with Gasteiger partial charge in [-0.1, -0.05) is 48.5 Å². The van der Waals surface area contributed by atoms with Crippen LogP contribution in [-0.4, -0.2) is 48.0 Å². The van der Waals surface area contributed by atoms with Gasteiger partial charge in [-0.25, -0.2) is 18.0 Å². The Morgan fingerprint density at radius 2 is 1.56 bits per heavy atom. The van der Waals surface area contributed by atoms with E-state index in [1.54, 1.807) is 0 Å². The highest BCUT2D eigenvalue weighted by Gasteiger charge is 2.50. The minimum atomic E-state index is -1.84. The van der Waals surface area contributed by atoms with Gasteiger partial charge in [0.1, 0.15) is 12.4 Å². The summed E-state index contributed by atoms with van der Waals surface area (Å²) < 4.78 is 53.7. The average Bonchev–Trinajstić information content (AvgIpc) is 3.18. The number of piperidine rings is 1. The number of benzene rings is 3. The maximum Gasteiger partial charge on any atom is 0.410 e. The molecule has 2 aliphatic heterocycles. The van der Waals surface area contributed by atoms with Gasteiger partial charge in [0.05, 0.1) is 30.9 Å². The van der Waals surface area contributed by atoms with Crippen molar-refractivity contribution in [3.05, 3.63) is 94.8 Å². The van der Waals surface area contributed by atoms with Crippen molar-refractivity contribution in [1.82, 2.24) is 4.90 Å². The third-order valence-corrected chi connectivity index (χ3v) is 7.60. The fourth-order valence-corrected chi connectivity index (χ4v) is 6.06. The van der Waals surface area contributed by atoms with Crippen molar-refractivity contribution in [2.24, 2.45) is 0 Å². The molecule has 1 N–H and O–H groups in total. The zero-order valence-corrected chi connectivity index (χ0v) is 19.3. The SMILES string of the molecule is O=C(OCC1c2ccccc2-c2ccccc21)N1C2COCC1CC(O)(c1cc(F)cc(F)c1F)C2. The van der Waals surface area contributed by atoms with E-state index in [1.807, 2.05) is 36.4 Å². The van der Waals surface area contributed by atoms with Crippen molar-refractivity contribution in [1.29, 1.82) is 0 Å². The number of rotatable bonds is 3. The van der Waals surface area contributed by atoms with E-state index in [0.717, 1.165) is 28.3 Å². The molecule has 3 aliphatic rings. The first-order chi connectivity index (χ1) is 17.4. The molecule has 2 saturated heterocycles. The fourth-order valence-electron chi connectivity index (χ4n) is 6.06. The molecule has 2 atom stereocenters. The highest BCUT2D eigenvalue weighted by molar-refractivity contribution is 5.79. The number of nitrogens with zero attached hydrogens (tertiary/aromatic N) is 1.